The van der Waals surface area contributed by atoms with Crippen molar-refractivity contribution in [2.45, 2.75) is 19.8 Å². The van der Waals surface area contributed by atoms with Gasteiger partial charge in [-0.1, -0.05) is 30.3 Å². The molecule has 1 amide bonds. The van der Waals surface area contributed by atoms with Crippen LogP contribution in [0.3, 0.4) is 0 Å². The van der Waals surface area contributed by atoms with Gasteiger partial charge in [0.15, 0.2) is 11.5 Å². The van der Waals surface area contributed by atoms with Crippen molar-refractivity contribution >= 4 is 22.7 Å². The molecule has 1 aliphatic rings. The van der Waals surface area contributed by atoms with Crippen LogP contribution in [-0.2, 0) is 0 Å². The fraction of sp³-hybridized carbons (Fsp3) is 0.304. The van der Waals surface area contributed by atoms with Gasteiger partial charge in [-0.05, 0) is 31.9 Å². The molecule has 3 aromatic rings. The maximum atomic E-state index is 13.1. The molecule has 5 heteroatoms. The van der Waals surface area contributed by atoms with Crippen molar-refractivity contribution in [2.75, 3.05) is 20.2 Å². The van der Waals surface area contributed by atoms with Gasteiger partial charge in [-0.3, -0.25) is 9.59 Å². The summed E-state index contributed by atoms with van der Waals surface area (Å²) in [6, 6.07) is 14.8. The Kier molecular flexibility index (Phi) is 4.90. The molecule has 1 aromatic heterocycles. The monoisotopic (exact) mass is 377 g/mol. The maximum absolute atomic E-state index is 13.1. The number of methoxy groups -OCH3 is 1. The van der Waals surface area contributed by atoms with Crippen molar-refractivity contribution < 1.29 is 18.7 Å². The second kappa shape index (κ2) is 7.50. The molecule has 0 radical (unpaired) electrons. The number of furan rings is 1. The van der Waals surface area contributed by atoms with E-state index in [1.807, 2.05) is 49.4 Å². The number of rotatable bonds is 4. The van der Waals surface area contributed by atoms with E-state index < -0.39 is 0 Å². The quantitative estimate of drug-likeness (QED) is 0.629. The standard InChI is InChI=1S/C23H23NO4/c1-15-19-11-10-18(27-2)13-20(19)28-22(15)23(26)24-12-6-9-17(14-24)21(25)16-7-4-3-5-8-16/h3-5,7-8,10-11,13,17H,6,9,12,14H2,1-2H3/t17-/m1/s1. The summed E-state index contributed by atoms with van der Waals surface area (Å²) < 4.78 is 11.1. The molecule has 1 aliphatic heterocycles. The molecular formula is C23H23NO4. The first-order valence-electron chi connectivity index (χ1n) is 9.54. The highest BCUT2D eigenvalue weighted by molar-refractivity contribution is 6.01. The number of hydrogen-bond donors (Lipinski definition) is 0. The van der Waals surface area contributed by atoms with Crippen LogP contribution < -0.4 is 4.74 Å². The fourth-order valence-corrected chi connectivity index (χ4v) is 3.89. The molecule has 1 fully saturated rings. The van der Waals surface area contributed by atoms with Crippen molar-refractivity contribution in [1.29, 1.82) is 0 Å². The lowest BCUT2D eigenvalue weighted by Gasteiger charge is -2.31. The van der Waals surface area contributed by atoms with Crippen LogP contribution >= 0.6 is 0 Å². The topological polar surface area (TPSA) is 59.8 Å². The summed E-state index contributed by atoms with van der Waals surface area (Å²) in [5.41, 5.74) is 2.15. The van der Waals surface area contributed by atoms with Gasteiger partial charge < -0.3 is 14.1 Å². The molecule has 144 valence electrons. The van der Waals surface area contributed by atoms with Gasteiger partial charge in [0, 0.05) is 41.6 Å². The zero-order valence-corrected chi connectivity index (χ0v) is 16.1. The second-order valence-electron chi connectivity index (χ2n) is 7.24. The lowest BCUT2D eigenvalue weighted by Crippen LogP contribution is -2.42. The first-order valence-corrected chi connectivity index (χ1v) is 9.54. The van der Waals surface area contributed by atoms with E-state index in [4.69, 9.17) is 9.15 Å². The fourth-order valence-electron chi connectivity index (χ4n) is 3.89. The number of piperidine rings is 1. The molecule has 5 nitrogen and oxygen atoms in total. The maximum Gasteiger partial charge on any atom is 0.289 e. The largest absolute Gasteiger partial charge is 0.497 e. The number of carbonyl (C=O) groups is 2. The predicted octanol–water partition coefficient (Wildman–Crippen LogP) is 4.48. The summed E-state index contributed by atoms with van der Waals surface area (Å²) in [6.07, 6.45) is 1.61. The third-order valence-corrected chi connectivity index (χ3v) is 5.48. The number of benzene rings is 2. The van der Waals surface area contributed by atoms with Crippen LogP contribution in [0.15, 0.2) is 52.9 Å². The Morgan fingerprint density at radius 1 is 1.14 bits per heavy atom. The number of aryl methyl sites for hydroxylation is 1. The molecule has 1 saturated heterocycles. The van der Waals surface area contributed by atoms with Crippen LogP contribution in [0.2, 0.25) is 0 Å². The normalized spacial score (nSPS) is 16.9. The number of hydrogen-bond acceptors (Lipinski definition) is 4. The number of ketones is 1. The molecule has 2 heterocycles. The molecule has 28 heavy (non-hydrogen) atoms. The lowest BCUT2D eigenvalue weighted by atomic mass is 9.90. The van der Waals surface area contributed by atoms with Crippen molar-refractivity contribution in [3.63, 3.8) is 0 Å². The summed E-state index contributed by atoms with van der Waals surface area (Å²) in [5, 5.41) is 0.901. The molecule has 0 bridgehead atoms. The van der Waals surface area contributed by atoms with Crippen LogP contribution in [0.1, 0.15) is 39.3 Å². The summed E-state index contributed by atoms with van der Waals surface area (Å²) in [4.78, 5) is 27.7. The Labute approximate surface area is 163 Å². The number of amides is 1. The zero-order chi connectivity index (χ0) is 19.7. The molecule has 0 N–H and O–H groups in total. The molecule has 2 aromatic carbocycles. The molecule has 1 atom stereocenters. The Bertz CT molecular complexity index is 1020. The average molecular weight is 377 g/mol. The van der Waals surface area contributed by atoms with Crippen molar-refractivity contribution in [2.24, 2.45) is 5.92 Å². The average Bonchev–Trinajstić information content (AvgIpc) is 3.09. The van der Waals surface area contributed by atoms with Gasteiger partial charge in [0.25, 0.3) is 5.91 Å². The van der Waals surface area contributed by atoms with E-state index in [0.29, 0.717) is 35.7 Å². The van der Waals surface area contributed by atoms with Crippen LogP contribution in [0.5, 0.6) is 5.75 Å². The van der Waals surface area contributed by atoms with Crippen molar-refractivity contribution in [3.8, 4) is 5.75 Å². The Hall–Kier alpha value is -3.08. The third kappa shape index (κ3) is 3.28. The van der Waals surface area contributed by atoms with E-state index >= 15 is 0 Å². The Balaban J connectivity index is 1.57. The smallest absolute Gasteiger partial charge is 0.289 e. The number of carbonyl (C=O) groups excluding carboxylic acids is 2. The first-order chi connectivity index (χ1) is 13.6. The number of ether oxygens (including phenoxy) is 1. The van der Waals surface area contributed by atoms with Crippen molar-refractivity contribution in [1.82, 2.24) is 4.90 Å². The molecule has 0 aliphatic carbocycles. The summed E-state index contributed by atoms with van der Waals surface area (Å²) >= 11 is 0. The zero-order valence-electron chi connectivity index (χ0n) is 16.1. The van der Waals surface area contributed by atoms with Crippen LogP contribution in [0, 0.1) is 12.8 Å². The van der Waals surface area contributed by atoms with Gasteiger partial charge in [-0.2, -0.15) is 0 Å². The minimum atomic E-state index is -0.176. The van der Waals surface area contributed by atoms with Crippen LogP contribution in [0.25, 0.3) is 11.0 Å². The van der Waals surface area contributed by atoms with E-state index in [1.165, 1.54) is 0 Å². The van der Waals surface area contributed by atoms with E-state index in [2.05, 4.69) is 0 Å². The minimum Gasteiger partial charge on any atom is -0.497 e. The van der Waals surface area contributed by atoms with Gasteiger partial charge in [0.1, 0.15) is 11.3 Å². The van der Waals surface area contributed by atoms with E-state index in [9.17, 15) is 9.59 Å². The molecule has 0 spiro atoms. The summed E-state index contributed by atoms with van der Waals surface area (Å²) in [7, 11) is 1.60. The van der Waals surface area contributed by atoms with Gasteiger partial charge in [0.2, 0.25) is 0 Å². The first kappa shape index (κ1) is 18.3. The Morgan fingerprint density at radius 3 is 2.68 bits per heavy atom. The van der Waals surface area contributed by atoms with E-state index in [0.717, 1.165) is 23.8 Å². The lowest BCUT2D eigenvalue weighted by molar-refractivity contribution is 0.0612. The second-order valence-corrected chi connectivity index (χ2v) is 7.24. The number of fused-ring (bicyclic) bond motifs is 1. The number of nitrogens with zero attached hydrogens (tertiary/aromatic N) is 1. The molecule has 0 saturated carbocycles. The van der Waals surface area contributed by atoms with Gasteiger partial charge in [-0.15, -0.1) is 0 Å². The highest BCUT2D eigenvalue weighted by Crippen LogP contribution is 2.30. The SMILES string of the molecule is COc1ccc2c(C)c(C(=O)N3CCC[C@@H](C(=O)c4ccccc4)C3)oc2c1. The van der Waals surface area contributed by atoms with Gasteiger partial charge >= 0.3 is 0 Å². The Morgan fingerprint density at radius 2 is 1.93 bits per heavy atom. The van der Waals surface area contributed by atoms with E-state index in [1.54, 1.807) is 18.1 Å². The van der Waals surface area contributed by atoms with Crippen molar-refractivity contribution in [3.05, 3.63) is 65.4 Å². The molecule has 0 unspecified atom stereocenters. The number of Topliss-reactive ketones (excluding diaryl/α,β-unsaturated/α-hetero) is 1. The predicted molar refractivity (Wildman–Crippen MR) is 107 cm³/mol. The summed E-state index contributed by atoms with van der Waals surface area (Å²) in [5.74, 6) is 0.801. The highest BCUT2D eigenvalue weighted by atomic mass is 16.5. The number of likely N-dealkylation sites (tertiary alicyclic amines) is 1. The van der Waals surface area contributed by atoms with Gasteiger partial charge in [0.05, 0.1) is 7.11 Å². The third-order valence-electron chi connectivity index (χ3n) is 5.48. The molecular weight excluding hydrogens is 354 g/mol. The molecule has 4 rings (SSSR count). The van der Waals surface area contributed by atoms with Gasteiger partial charge in [-0.25, -0.2) is 0 Å². The van der Waals surface area contributed by atoms with E-state index in [-0.39, 0.29) is 17.6 Å². The minimum absolute atomic E-state index is 0.101. The van der Waals surface area contributed by atoms with Crippen LogP contribution in [-0.4, -0.2) is 36.8 Å². The summed E-state index contributed by atoms with van der Waals surface area (Å²) in [6.45, 7) is 2.95. The highest BCUT2D eigenvalue weighted by Gasteiger charge is 2.31. The van der Waals surface area contributed by atoms with Crippen LogP contribution in [0.4, 0.5) is 0 Å².